The average molecular weight is 473 g/mol. The van der Waals surface area contributed by atoms with Crippen molar-refractivity contribution in [2.24, 2.45) is 5.41 Å². The maximum absolute atomic E-state index is 13.9. The second kappa shape index (κ2) is 8.20. The molecule has 0 radical (unpaired) electrons. The molecule has 2 aliphatic rings. The number of hydrogen-bond donors (Lipinski definition) is 1. The maximum Gasteiger partial charge on any atom is 0.207 e. The van der Waals surface area contributed by atoms with E-state index in [1.54, 1.807) is 20.8 Å². The molecule has 34 heavy (non-hydrogen) atoms. The Morgan fingerprint density at radius 1 is 0.882 bits per heavy atom. The predicted molar refractivity (Wildman–Crippen MR) is 131 cm³/mol. The van der Waals surface area contributed by atoms with Crippen LogP contribution in [0.1, 0.15) is 84.6 Å². The Labute approximate surface area is 203 Å². The summed E-state index contributed by atoms with van der Waals surface area (Å²) in [6.07, 6.45) is 0.239. The number of aromatic hydroxyl groups is 1. The fourth-order valence-electron chi connectivity index (χ4n) is 4.82. The SMILES string of the molecule is CC1=C(C)C(=O)[C@@]2(C)Cc3c(COC(C)(C)C)c(O)c(C)c(C)c3O[C@@]2(COC(C)(C)C)C1=O. The summed E-state index contributed by atoms with van der Waals surface area (Å²) >= 11 is 0. The van der Waals surface area contributed by atoms with Crippen LogP contribution in [0.5, 0.6) is 11.5 Å². The molecule has 0 saturated heterocycles. The molecule has 0 fully saturated rings. The van der Waals surface area contributed by atoms with E-state index in [1.807, 2.05) is 55.4 Å². The molecule has 1 aromatic rings. The Morgan fingerprint density at radius 3 is 1.94 bits per heavy atom. The molecular weight excluding hydrogens is 432 g/mol. The first-order valence-electron chi connectivity index (χ1n) is 11.9. The number of phenolic OH excluding ortho intramolecular Hbond substituents is 1. The van der Waals surface area contributed by atoms with E-state index in [2.05, 4.69) is 0 Å². The van der Waals surface area contributed by atoms with Crippen LogP contribution < -0.4 is 4.74 Å². The molecule has 188 valence electrons. The molecule has 0 saturated carbocycles. The van der Waals surface area contributed by atoms with Gasteiger partial charge in [0.25, 0.3) is 0 Å². The number of phenols is 1. The molecule has 0 aromatic heterocycles. The molecular formula is C28H40O6. The van der Waals surface area contributed by atoms with E-state index in [0.717, 1.165) is 5.56 Å². The monoisotopic (exact) mass is 472 g/mol. The predicted octanol–water partition coefficient (Wildman–Crippen LogP) is 5.31. The molecule has 1 aliphatic heterocycles. The summed E-state index contributed by atoms with van der Waals surface area (Å²) in [5, 5.41) is 11.1. The van der Waals surface area contributed by atoms with E-state index in [0.29, 0.717) is 33.6 Å². The Hall–Kier alpha value is -2.18. The second-order valence-electron chi connectivity index (χ2n) is 12.0. The first-order chi connectivity index (χ1) is 15.4. The summed E-state index contributed by atoms with van der Waals surface area (Å²) in [4.78, 5) is 27.7. The van der Waals surface area contributed by atoms with Crippen LogP contribution >= 0.6 is 0 Å². The van der Waals surface area contributed by atoms with Gasteiger partial charge in [0.15, 0.2) is 5.78 Å². The molecule has 1 heterocycles. The lowest BCUT2D eigenvalue weighted by atomic mass is 9.57. The van der Waals surface area contributed by atoms with Crippen molar-refractivity contribution in [2.75, 3.05) is 6.61 Å². The summed E-state index contributed by atoms with van der Waals surface area (Å²) in [5.74, 6) is 0.322. The second-order valence-corrected chi connectivity index (χ2v) is 12.0. The quantitative estimate of drug-likeness (QED) is 0.640. The lowest BCUT2D eigenvalue weighted by Gasteiger charge is -2.53. The van der Waals surface area contributed by atoms with Gasteiger partial charge in [-0.25, -0.2) is 0 Å². The first-order valence-corrected chi connectivity index (χ1v) is 11.9. The third kappa shape index (κ3) is 4.09. The number of ether oxygens (including phenoxy) is 3. The zero-order valence-electron chi connectivity index (χ0n) is 22.6. The highest BCUT2D eigenvalue weighted by Crippen LogP contribution is 2.55. The summed E-state index contributed by atoms with van der Waals surface area (Å²) in [6, 6.07) is 0. The highest BCUT2D eigenvalue weighted by atomic mass is 16.6. The number of allylic oxidation sites excluding steroid dienone is 1. The smallest absolute Gasteiger partial charge is 0.207 e. The third-order valence-electron chi connectivity index (χ3n) is 7.35. The van der Waals surface area contributed by atoms with Crippen LogP contribution in [0.15, 0.2) is 11.1 Å². The summed E-state index contributed by atoms with van der Waals surface area (Å²) in [5.41, 5.74) is -0.0582. The molecule has 0 spiro atoms. The van der Waals surface area contributed by atoms with Crippen molar-refractivity contribution < 1.29 is 28.9 Å². The van der Waals surface area contributed by atoms with Gasteiger partial charge in [-0.15, -0.1) is 0 Å². The minimum Gasteiger partial charge on any atom is -0.507 e. The number of carbonyl (C=O) groups excluding carboxylic acids is 2. The summed E-state index contributed by atoms with van der Waals surface area (Å²) < 4.78 is 18.8. The zero-order valence-corrected chi connectivity index (χ0v) is 22.6. The Balaban J connectivity index is 2.29. The van der Waals surface area contributed by atoms with Gasteiger partial charge in [-0.1, -0.05) is 0 Å². The number of carbonyl (C=O) groups is 2. The van der Waals surface area contributed by atoms with E-state index >= 15 is 0 Å². The highest BCUT2D eigenvalue weighted by Gasteiger charge is 2.66. The molecule has 1 aliphatic carbocycles. The lowest BCUT2D eigenvalue weighted by molar-refractivity contribution is -0.176. The van der Waals surface area contributed by atoms with Crippen molar-refractivity contribution in [3.8, 4) is 11.5 Å². The minimum absolute atomic E-state index is 0.0468. The largest absolute Gasteiger partial charge is 0.507 e. The van der Waals surface area contributed by atoms with Gasteiger partial charge in [0.1, 0.15) is 11.5 Å². The normalized spacial score (nSPS) is 25.3. The van der Waals surface area contributed by atoms with Crippen molar-refractivity contribution in [3.05, 3.63) is 33.4 Å². The molecule has 1 N–H and O–H groups in total. The van der Waals surface area contributed by atoms with Crippen LogP contribution in [-0.2, 0) is 32.1 Å². The molecule has 2 atom stereocenters. The van der Waals surface area contributed by atoms with Gasteiger partial charge in [0, 0.05) is 16.7 Å². The minimum atomic E-state index is -1.50. The van der Waals surface area contributed by atoms with Gasteiger partial charge in [0.2, 0.25) is 11.4 Å². The number of ketones is 2. The van der Waals surface area contributed by atoms with E-state index in [1.165, 1.54) is 0 Å². The van der Waals surface area contributed by atoms with Crippen LogP contribution in [0.25, 0.3) is 0 Å². The first kappa shape index (κ1) is 26.4. The fourth-order valence-corrected chi connectivity index (χ4v) is 4.82. The summed E-state index contributed by atoms with van der Waals surface area (Å²) in [7, 11) is 0. The van der Waals surface area contributed by atoms with E-state index in [-0.39, 0.29) is 37.0 Å². The Kier molecular flexibility index (Phi) is 6.37. The van der Waals surface area contributed by atoms with Crippen LogP contribution in [0.4, 0.5) is 0 Å². The lowest BCUT2D eigenvalue weighted by Crippen LogP contribution is -2.69. The highest BCUT2D eigenvalue weighted by molar-refractivity contribution is 6.18. The Morgan fingerprint density at radius 2 is 1.41 bits per heavy atom. The number of Topliss-reactive ketones (excluding diaryl/α,β-unsaturated/α-hetero) is 2. The molecule has 6 nitrogen and oxygen atoms in total. The van der Waals surface area contributed by atoms with Gasteiger partial charge in [-0.05, 0) is 99.3 Å². The molecule has 6 heteroatoms. The standard InChI is InChI=1S/C28H40O6/c1-15-16(2)22-19(20(21(15)29)13-32-25(5,6)7)12-27(11)23(30)17(3)18(4)24(31)28(27,34-22)14-33-26(8,9)10/h29H,12-14H2,1-11H3/t27-,28+/m1/s1. The van der Waals surface area contributed by atoms with Gasteiger partial charge < -0.3 is 19.3 Å². The van der Waals surface area contributed by atoms with Gasteiger partial charge in [0.05, 0.1) is 29.8 Å². The van der Waals surface area contributed by atoms with Crippen molar-refractivity contribution in [2.45, 2.75) is 106 Å². The number of fused-ring (bicyclic) bond motifs is 2. The van der Waals surface area contributed by atoms with Gasteiger partial charge >= 0.3 is 0 Å². The number of hydrogen-bond acceptors (Lipinski definition) is 6. The molecule has 3 rings (SSSR count). The van der Waals surface area contributed by atoms with Crippen molar-refractivity contribution >= 4 is 11.6 Å². The van der Waals surface area contributed by atoms with E-state index in [4.69, 9.17) is 14.2 Å². The van der Waals surface area contributed by atoms with E-state index in [9.17, 15) is 14.7 Å². The zero-order chi connectivity index (χ0) is 26.0. The van der Waals surface area contributed by atoms with Crippen LogP contribution in [-0.4, -0.2) is 40.1 Å². The van der Waals surface area contributed by atoms with Crippen LogP contribution in [0.3, 0.4) is 0 Å². The maximum atomic E-state index is 13.9. The molecule has 0 bridgehead atoms. The Bertz CT molecular complexity index is 1080. The molecule has 0 amide bonds. The van der Waals surface area contributed by atoms with Crippen molar-refractivity contribution in [1.29, 1.82) is 0 Å². The van der Waals surface area contributed by atoms with Crippen molar-refractivity contribution in [1.82, 2.24) is 0 Å². The average Bonchev–Trinajstić information content (AvgIpc) is 2.72. The van der Waals surface area contributed by atoms with Gasteiger partial charge in [-0.2, -0.15) is 0 Å². The van der Waals surface area contributed by atoms with Crippen LogP contribution in [0, 0.1) is 19.3 Å². The number of benzene rings is 1. The molecule has 1 aromatic carbocycles. The summed E-state index contributed by atoms with van der Waals surface area (Å²) in [6.45, 7) is 20.6. The molecule has 0 unspecified atom stereocenters. The van der Waals surface area contributed by atoms with Gasteiger partial charge in [-0.3, -0.25) is 9.59 Å². The van der Waals surface area contributed by atoms with E-state index < -0.39 is 22.2 Å². The fraction of sp³-hybridized carbons (Fsp3) is 0.643. The van der Waals surface area contributed by atoms with Crippen molar-refractivity contribution in [3.63, 3.8) is 0 Å². The van der Waals surface area contributed by atoms with Crippen LogP contribution in [0.2, 0.25) is 0 Å². The topological polar surface area (TPSA) is 82.1 Å². The number of rotatable bonds is 4. The third-order valence-corrected chi connectivity index (χ3v) is 7.35.